The van der Waals surface area contributed by atoms with E-state index in [1.54, 1.807) is 12.1 Å². The molecule has 0 aliphatic rings. The molecule has 88 valence electrons. The fourth-order valence-electron chi connectivity index (χ4n) is 1.73. The molecule has 1 nitrogen and oxygen atoms in total. The van der Waals surface area contributed by atoms with Crippen molar-refractivity contribution in [2.24, 2.45) is 0 Å². The van der Waals surface area contributed by atoms with Crippen molar-refractivity contribution in [2.45, 2.75) is 12.6 Å². The smallest absolute Gasteiger partial charge is 0.156 e. The van der Waals surface area contributed by atoms with Gasteiger partial charge in [-0.05, 0) is 23.6 Å². The van der Waals surface area contributed by atoms with Crippen LogP contribution in [0.1, 0.15) is 12.5 Å². The first-order valence-electron chi connectivity index (χ1n) is 5.59. The van der Waals surface area contributed by atoms with Gasteiger partial charge in [0.05, 0.1) is 6.61 Å². The third-order valence-electron chi connectivity index (χ3n) is 2.89. The van der Waals surface area contributed by atoms with Gasteiger partial charge >= 0.3 is 0 Å². The van der Waals surface area contributed by atoms with Crippen LogP contribution in [0.4, 0.5) is 4.39 Å². The van der Waals surface area contributed by atoms with E-state index in [1.807, 2.05) is 42.5 Å². The quantitative estimate of drug-likeness (QED) is 0.855. The molecule has 0 saturated carbocycles. The first kappa shape index (κ1) is 11.8. The van der Waals surface area contributed by atoms with Gasteiger partial charge in [0.25, 0.3) is 0 Å². The van der Waals surface area contributed by atoms with Crippen molar-refractivity contribution in [1.82, 2.24) is 0 Å². The second kappa shape index (κ2) is 4.68. The first-order valence-corrected chi connectivity index (χ1v) is 5.59. The largest absolute Gasteiger partial charge is 0.393 e. The SMILES string of the molecule is CC(F)(CO)c1ccc(-c2ccccc2)cc1. The second-order valence-electron chi connectivity index (χ2n) is 4.30. The van der Waals surface area contributed by atoms with Gasteiger partial charge in [0.2, 0.25) is 0 Å². The molecule has 0 aliphatic heterocycles. The van der Waals surface area contributed by atoms with E-state index in [2.05, 4.69) is 0 Å². The number of benzene rings is 2. The maximum absolute atomic E-state index is 13.8. The van der Waals surface area contributed by atoms with Crippen LogP contribution in [0.3, 0.4) is 0 Å². The first-order chi connectivity index (χ1) is 8.13. The Morgan fingerprint density at radius 3 is 2.00 bits per heavy atom. The maximum Gasteiger partial charge on any atom is 0.156 e. The van der Waals surface area contributed by atoms with E-state index in [4.69, 9.17) is 5.11 Å². The number of aliphatic hydroxyl groups is 1. The Labute approximate surface area is 101 Å². The molecule has 0 aliphatic carbocycles. The van der Waals surface area contributed by atoms with Gasteiger partial charge in [-0.1, -0.05) is 54.6 Å². The molecule has 2 aromatic carbocycles. The molecule has 0 radical (unpaired) electrons. The van der Waals surface area contributed by atoms with Gasteiger partial charge in [-0.2, -0.15) is 0 Å². The zero-order valence-corrected chi connectivity index (χ0v) is 9.73. The van der Waals surface area contributed by atoms with Crippen molar-refractivity contribution in [3.05, 3.63) is 60.2 Å². The molecule has 0 saturated heterocycles. The van der Waals surface area contributed by atoms with Gasteiger partial charge in [0.1, 0.15) is 0 Å². The molecule has 2 heteroatoms. The highest BCUT2D eigenvalue weighted by molar-refractivity contribution is 5.63. The van der Waals surface area contributed by atoms with Gasteiger partial charge in [-0.15, -0.1) is 0 Å². The van der Waals surface area contributed by atoms with Crippen LogP contribution in [0.15, 0.2) is 54.6 Å². The number of rotatable bonds is 3. The van der Waals surface area contributed by atoms with E-state index in [0.717, 1.165) is 11.1 Å². The highest BCUT2D eigenvalue weighted by atomic mass is 19.1. The van der Waals surface area contributed by atoms with E-state index < -0.39 is 12.3 Å². The summed E-state index contributed by atoms with van der Waals surface area (Å²) in [6.07, 6.45) is 0. The minimum absolute atomic E-state index is 0.500. The lowest BCUT2D eigenvalue weighted by Gasteiger charge is -2.17. The van der Waals surface area contributed by atoms with Crippen LogP contribution in [0, 0.1) is 0 Å². The predicted octanol–water partition coefficient (Wildman–Crippen LogP) is 3.53. The minimum atomic E-state index is -1.67. The number of aliphatic hydroxyl groups excluding tert-OH is 1. The summed E-state index contributed by atoms with van der Waals surface area (Å²) in [6, 6.07) is 17.1. The molecule has 1 unspecified atom stereocenters. The molecule has 0 heterocycles. The molecule has 0 amide bonds. The van der Waals surface area contributed by atoms with Gasteiger partial charge in [-0.3, -0.25) is 0 Å². The zero-order chi connectivity index (χ0) is 12.3. The third-order valence-corrected chi connectivity index (χ3v) is 2.89. The average molecular weight is 230 g/mol. The van der Waals surface area contributed by atoms with Crippen LogP contribution in [-0.4, -0.2) is 11.7 Å². The number of alkyl halides is 1. The molecule has 1 atom stereocenters. The lowest BCUT2D eigenvalue weighted by atomic mass is 9.96. The number of hydrogen-bond acceptors (Lipinski definition) is 1. The summed E-state index contributed by atoms with van der Waals surface area (Å²) < 4.78 is 13.8. The monoisotopic (exact) mass is 230 g/mol. The standard InChI is InChI=1S/C15H15FO/c1-15(16,11-17)14-9-7-13(8-10-14)12-5-3-2-4-6-12/h2-10,17H,11H2,1H3. The van der Waals surface area contributed by atoms with E-state index in [-0.39, 0.29) is 0 Å². The molecule has 0 bridgehead atoms. The molecule has 0 spiro atoms. The second-order valence-corrected chi connectivity index (χ2v) is 4.30. The van der Waals surface area contributed by atoms with Crippen LogP contribution in [-0.2, 0) is 5.67 Å². The molecular weight excluding hydrogens is 215 g/mol. The molecular formula is C15H15FO. The van der Waals surface area contributed by atoms with Crippen molar-refractivity contribution < 1.29 is 9.50 Å². The molecule has 2 aromatic rings. The Bertz CT molecular complexity index is 474. The lowest BCUT2D eigenvalue weighted by molar-refractivity contribution is 0.0868. The third kappa shape index (κ3) is 2.53. The van der Waals surface area contributed by atoms with Crippen LogP contribution in [0.25, 0.3) is 11.1 Å². The van der Waals surface area contributed by atoms with Crippen LogP contribution >= 0.6 is 0 Å². The molecule has 0 aromatic heterocycles. The van der Waals surface area contributed by atoms with E-state index in [9.17, 15) is 4.39 Å². The van der Waals surface area contributed by atoms with Gasteiger partial charge in [0, 0.05) is 0 Å². The summed E-state index contributed by atoms with van der Waals surface area (Å²) in [4.78, 5) is 0. The molecule has 0 fully saturated rings. The van der Waals surface area contributed by atoms with Gasteiger partial charge in [0.15, 0.2) is 5.67 Å². The highest BCUT2D eigenvalue weighted by Crippen LogP contribution is 2.27. The zero-order valence-electron chi connectivity index (χ0n) is 9.73. The fourth-order valence-corrected chi connectivity index (χ4v) is 1.73. The minimum Gasteiger partial charge on any atom is -0.393 e. The lowest BCUT2D eigenvalue weighted by Crippen LogP contribution is -2.19. The maximum atomic E-state index is 13.8. The normalized spacial score (nSPS) is 14.3. The van der Waals surface area contributed by atoms with Crippen molar-refractivity contribution >= 4 is 0 Å². The van der Waals surface area contributed by atoms with Crippen LogP contribution < -0.4 is 0 Å². The molecule has 1 N–H and O–H groups in total. The Morgan fingerprint density at radius 2 is 1.47 bits per heavy atom. The highest BCUT2D eigenvalue weighted by Gasteiger charge is 2.24. The number of halogens is 1. The van der Waals surface area contributed by atoms with Crippen molar-refractivity contribution in [3.8, 4) is 11.1 Å². The Balaban J connectivity index is 2.31. The summed E-state index contributed by atoms with van der Waals surface area (Å²) in [5, 5.41) is 8.96. The molecule has 2 rings (SSSR count). The van der Waals surface area contributed by atoms with Crippen molar-refractivity contribution in [3.63, 3.8) is 0 Å². The van der Waals surface area contributed by atoms with Crippen LogP contribution in [0.2, 0.25) is 0 Å². The number of hydrogen-bond donors (Lipinski definition) is 1. The van der Waals surface area contributed by atoms with E-state index >= 15 is 0 Å². The summed E-state index contributed by atoms with van der Waals surface area (Å²) in [7, 11) is 0. The summed E-state index contributed by atoms with van der Waals surface area (Å²) in [5.74, 6) is 0. The van der Waals surface area contributed by atoms with Crippen molar-refractivity contribution in [2.75, 3.05) is 6.61 Å². The van der Waals surface area contributed by atoms with E-state index in [0.29, 0.717) is 5.56 Å². The predicted molar refractivity (Wildman–Crippen MR) is 67.4 cm³/mol. The molecule has 17 heavy (non-hydrogen) atoms. The topological polar surface area (TPSA) is 20.2 Å². The fraction of sp³-hybridized carbons (Fsp3) is 0.200. The Hall–Kier alpha value is -1.67. The summed E-state index contributed by atoms with van der Waals surface area (Å²) >= 11 is 0. The summed E-state index contributed by atoms with van der Waals surface area (Å²) in [6.45, 7) is 0.877. The average Bonchev–Trinajstić information content (AvgIpc) is 2.40. The van der Waals surface area contributed by atoms with E-state index in [1.165, 1.54) is 6.92 Å². The summed E-state index contributed by atoms with van der Waals surface area (Å²) in [5.41, 5.74) is 0.973. The van der Waals surface area contributed by atoms with Gasteiger partial charge in [-0.25, -0.2) is 4.39 Å². The Morgan fingerprint density at radius 1 is 0.941 bits per heavy atom. The van der Waals surface area contributed by atoms with Crippen LogP contribution in [0.5, 0.6) is 0 Å². The Kier molecular flexibility index (Phi) is 3.25. The van der Waals surface area contributed by atoms with Gasteiger partial charge < -0.3 is 5.11 Å². The van der Waals surface area contributed by atoms with Crippen molar-refractivity contribution in [1.29, 1.82) is 0 Å².